The van der Waals surface area contributed by atoms with Gasteiger partial charge in [-0.2, -0.15) is 0 Å². The fourth-order valence-corrected chi connectivity index (χ4v) is 3.16. The van der Waals surface area contributed by atoms with E-state index in [1.807, 2.05) is 18.2 Å². The van der Waals surface area contributed by atoms with E-state index in [9.17, 15) is 9.90 Å². The minimum absolute atomic E-state index is 0.168. The normalized spacial score (nSPS) is 17.9. The van der Waals surface area contributed by atoms with Crippen LogP contribution in [0.1, 0.15) is 38.2 Å². The van der Waals surface area contributed by atoms with Gasteiger partial charge in [0.1, 0.15) is 6.10 Å². The predicted molar refractivity (Wildman–Crippen MR) is 93.7 cm³/mol. The number of carbonyl (C=O) groups is 1. The average molecular weight is 339 g/mol. The highest BCUT2D eigenvalue weighted by molar-refractivity contribution is 6.31. The van der Waals surface area contributed by atoms with Gasteiger partial charge in [0.15, 0.2) is 0 Å². The predicted octanol–water partition coefficient (Wildman–Crippen LogP) is 2.62. The monoisotopic (exact) mass is 338 g/mol. The number of carbonyl (C=O) groups excluding carboxylic acids is 1. The number of piperidine rings is 1. The molecule has 0 radical (unpaired) electrons. The number of nitrogens with one attached hydrogen (secondary N) is 1. The molecule has 1 fully saturated rings. The van der Waals surface area contributed by atoms with Gasteiger partial charge in [-0.15, -0.1) is 0 Å². The lowest BCUT2D eigenvalue weighted by atomic mass is 10.0. The van der Waals surface area contributed by atoms with E-state index >= 15 is 0 Å². The Morgan fingerprint density at radius 3 is 2.74 bits per heavy atom. The molecule has 2 rings (SSSR count). The number of nitrogens with zero attached hydrogens (tertiary/aromatic N) is 1. The molecule has 0 aromatic heterocycles. The van der Waals surface area contributed by atoms with E-state index in [1.54, 1.807) is 6.07 Å². The zero-order valence-corrected chi connectivity index (χ0v) is 14.6. The highest BCUT2D eigenvalue weighted by atomic mass is 35.5. The molecule has 1 aliphatic rings. The van der Waals surface area contributed by atoms with Crippen LogP contribution in [0.25, 0.3) is 0 Å². The van der Waals surface area contributed by atoms with Crippen molar-refractivity contribution in [3.63, 3.8) is 0 Å². The van der Waals surface area contributed by atoms with Crippen LogP contribution in [0.15, 0.2) is 24.3 Å². The Labute approximate surface area is 143 Å². The maximum atomic E-state index is 12.2. The Bertz CT molecular complexity index is 502. The molecule has 4 nitrogen and oxygen atoms in total. The molecule has 128 valence electrons. The minimum atomic E-state index is -1.05. The zero-order valence-electron chi connectivity index (χ0n) is 13.8. The van der Waals surface area contributed by atoms with E-state index < -0.39 is 6.10 Å². The second-order valence-corrected chi connectivity index (χ2v) is 6.70. The van der Waals surface area contributed by atoms with Gasteiger partial charge in [0, 0.05) is 30.6 Å². The van der Waals surface area contributed by atoms with Crippen molar-refractivity contribution in [1.29, 1.82) is 0 Å². The molecule has 1 aliphatic heterocycles. The summed E-state index contributed by atoms with van der Waals surface area (Å²) in [5, 5.41) is 13.7. The number of hydrogen-bond donors (Lipinski definition) is 2. The summed E-state index contributed by atoms with van der Waals surface area (Å²) in [7, 11) is 0. The molecule has 1 aromatic carbocycles. The Kier molecular flexibility index (Phi) is 7.34. The van der Waals surface area contributed by atoms with E-state index in [0.29, 0.717) is 5.02 Å². The van der Waals surface area contributed by atoms with E-state index in [1.165, 1.54) is 12.8 Å². The lowest BCUT2D eigenvalue weighted by molar-refractivity contribution is -0.130. The number of halogens is 1. The largest absolute Gasteiger partial charge is 0.383 e. The van der Waals surface area contributed by atoms with Gasteiger partial charge in [-0.05, 0) is 37.4 Å². The van der Waals surface area contributed by atoms with Gasteiger partial charge in [0.2, 0.25) is 5.91 Å². The van der Waals surface area contributed by atoms with E-state index in [0.717, 1.165) is 38.0 Å². The fourth-order valence-electron chi connectivity index (χ4n) is 2.94. The summed E-state index contributed by atoms with van der Waals surface area (Å²) in [6.45, 7) is 5.39. The fraction of sp³-hybridized carbons (Fsp3) is 0.611. The van der Waals surface area contributed by atoms with Crippen molar-refractivity contribution in [3.8, 4) is 0 Å². The third kappa shape index (κ3) is 5.79. The number of hydrogen-bond acceptors (Lipinski definition) is 3. The standard InChI is InChI=1S/C18H27ClN2O2/c1-2-3-10-21-11-8-15(9-12-21)20-18(23)17(22)13-14-6-4-5-7-16(14)19/h4-7,15,17,22H,2-3,8-13H2,1H3,(H,20,23)/t17-/m1/s1. The lowest BCUT2D eigenvalue weighted by Crippen LogP contribution is -2.48. The quantitative estimate of drug-likeness (QED) is 0.803. The summed E-state index contributed by atoms with van der Waals surface area (Å²) in [5.41, 5.74) is 0.797. The maximum Gasteiger partial charge on any atom is 0.249 e. The van der Waals surface area contributed by atoms with Crippen molar-refractivity contribution in [3.05, 3.63) is 34.9 Å². The number of likely N-dealkylation sites (tertiary alicyclic amines) is 1. The highest BCUT2D eigenvalue weighted by Gasteiger charge is 2.23. The SMILES string of the molecule is CCCCN1CCC(NC(=O)[C@H](O)Cc2ccccc2Cl)CC1. The van der Waals surface area contributed by atoms with Crippen LogP contribution in [0.4, 0.5) is 0 Å². The molecule has 0 bridgehead atoms. The van der Waals surface area contributed by atoms with E-state index in [2.05, 4.69) is 17.1 Å². The molecule has 1 amide bonds. The molecule has 1 aromatic rings. The topological polar surface area (TPSA) is 52.6 Å². The summed E-state index contributed by atoms with van der Waals surface area (Å²) in [4.78, 5) is 14.6. The van der Waals surface area contributed by atoms with Crippen LogP contribution < -0.4 is 5.32 Å². The van der Waals surface area contributed by atoms with E-state index in [4.69, 9.17) is 11.6 Å². The first-order chi connectivity index (χ1) is 11.1. The van der Waals surface area contributed by atoms with Crippen molar-refractivity contribution >= 4 is 17.5 Å². The molecule has 0 aliphatic carbocycles. The summed E-state index contributed by atoms with van der Waals surface area (Å²) < 4.78 is 0. The lowest BCUT2D eigenvalue weighted by Gasteiger charge is -2.32. The first-order valence-corrected chi connectivity index (χ1v) is 8.92. The molecule has 2 N–H and O–H groups in total. The van der Waals surface area contributed by atoms with Crippen LogP contribution in [0.2, 0.25) is 5.02 Å². The van der Waals surface area contributed by atoms with Gasteiger partial charge >= 0.3 is 0 Å². The Balaban J connectivity index is 1.75. The van der Waals surface area contributed by atoms with Crippen molar-refractivity contribution in [2.45, 2.75) is 51.2 Å². The van der Waals surface area contributed by atoms with Gasteiger partial charge in [0.25, 0.3) is 0 Å². The molecule has 0 saturated carbocycles. The van der Waals surface area contributed by atoms with Crippen LogP contribution >= 0.6 is 11.6 Å². The van der Waals surface area contributed by atoms with Crippen molar-refractivity contribution in [2.75, 3.05) is 19.6 Å². The van der Waals surface area contributed by atoms with Gasteiger partial charge in [-0.3, -0.25) is 4.79 Å². The third-order valence-electron chi connectivity index (χ3n) is 4.44. The van der Waals surface area contributed by atoms with Crippen molar-refractivity contribution in [1.82, 2.24) is 10.2 Å². The Morgan fingerprint density at radius 2 is 2.09 bits per heavy atom. The smallest absolute Gasteiger partial charge is 0.249 e. The van der Waals surface area contributed by atoms with Crippen LogP contribution in [-0.4, -0.2) is 47.7 Å². The molecule has 1 saturated heterocycles. The van der Waals surface area contributed by atoms with Gasteiger partial charge in [-0.25, -0.2) is 0 Å². The van der Waals surface area contributed by atoms with E-state index in [-0.39, 0.29) is 18.4 Å². The van der Waals surface area contributed by atoms with Gasteiger partial charge in [0.05, 0.1) is 0 Å². The molecule has 1 heterocycles. The molecular weight excluding hydrogens is 312 g/mol. The first-order valence-electron chi connectivity index (χ1n) is 8.54. The second-order valence-electron chi connectivity index (χ2n) is 6.29. The first kappa shape index (κ1) is 18.2. The number of aliphatic hydroxyl groups excluding tert-OH is 1. The number of amides is 1. The molecule has 0 unspecified atom stereocenters. The summed E-state index contributed by atoms with van der Waals surface area (Å²) in [5.74, 6) is -0.295. The summed E-state index contributed by atoms with van der Waals surface area (Å²) >= 11 is 6.07. The number of benzene rings is 1. The van der Waals surface area contributed by atoms with Gasteiger partial charge in [-0.1, -0.05) is 43.1 Å². The van der Waals surface area contributed by atoms with Gasteiger partial charge < -0.3 is 15.3 Å². The van der Waals surface area contributed by atoms with Crippen molar-refractivity contribution in [2.24, 2.45) is 0 Å². The number of rotatable bonds is 7. The Hall–Kier alpha value is -1.10. The molecular formula is C18H27ClN2O2. The summed E-state index contributed by atoms with van der Waals surface area (Å²) in [6, 6.07) is 7.47. The second kappa shape index (κ2) is 9.26. The van der Waals surface area contributed by atoms with Crippen LogP contribution in [0, 0.1) is 0 Å². The number of unbranched alkanes of at least 4 members (excludes halogenated alkanes) is 1. The molecule has 1 atom stereocenters. The number of aliphatic hydroxyl groups is 1. The Morgan fingerprint density at radius 1 is 1.39 bits per heavy atom. The average Bonchev–Trinajstić information content (AvgIpc) is 2.56. The molecule has 5 heteroatoms. The maximum absolute atomic E-state index is 12.2. The molecule has 0 spiro atoms. The minimum Gasteiger partial charge on any atom is -0.383 e. The van der Waals surface area contributed by atoms with Crippen LogP contribution in [0.3, 0.4) is 0 Å². The van der Waals surface area contributed by atoms with Crippen molar-refractivity contribution < 1.29 is 9.90 Å². The molecule has 23 heavy (non-hydrogen) atoms. The van der Waals surface area contributed by atoms with Crippen LogP contribution in [0.5, 0.6) is 0 Å². The van der Waals surface area contributed by atoms with Crippen LogP contribution in [-0.2, 0) is 11.2 Å². The zero-order chi connectivity index (χ0) is 16.7. The third-order valence-corrected chi connectivity index (χ3v) is 4.80. The summed E-state index contributed by atoms with van der Waals surface area (Å²) in [6.07, 6.45) is 3.55. The highest BCUT2D eigenvalue weighted by Crippen LogP contribution is 2.17.